The molecule has 0 radical (unpaired) electrons. The van der Waals surface area contributed by atoms with Crippen molar-refractivity contribution in [3.8, 4) is 6.07 Å². The summed E-state index contributed by atoms with van der Waals surface area (Å²) in [5, 5.41) is 8.85. The van der Waals surface area contributed by atoms with Crippen molar-refractivity contribution in [1.29, 1.82) is 5.26 Å². The molecule has 1 aromatic carbocycles. The first kappa shape index (κ1) is 18.8. The molecule has 1 aliphatic heterocycles. The Balaban J connectivity index is 2.51. The molecule has 25 heavy (non-hydrogen) atoms. The fourth-order valence-corrected chi connectivity index (χ4v) is 2.47. The van der Waals surface area contributed by atoms with Gasteiger partial charge in [-0.2, -0.15) is 31.6 Å². The van der Waals surface area contributed by atoms with Crippen LogP contribution in [-0.2, 0) is 6.54 Å². The number of hydrogen-bond acceptors (Lipinski definition) is 2. The summed E-state index contributed by atoms with van der Waals surface area (Å²) in [6, 6.07) is 6.55. The van der Waals surface area contributed by atoms with Crippen LogP contribution in [-0.4, -0.2) is 29.0 Å². The molecule has 0 bridgehead atoms. The molecule has 2 nitrogen and oxygen atoms in total. The highest BCUT2D eigenvalue weighted by atomic mass is 19.4. The Morgan fingerprint density at radius 3 is 2.00 bits per heavy atom. The quantitative estimate of drug-likeness (QED) is 0.729. The normalized spacial score (nSPS) is 18.7. The number of halogens is 7. The third kappa shape index (κ3) is 3.48. The summed E-state index contributed by atoms with van der Waals surface area (Å²) in [7, 11) is 0. The smallest absolute Gasteiger partial charge is 0.362 e. The summed E-state index contributed by atoms with van der Waals surface area (Å²) in [6.07, 6.45) is -10.4. The SMILES string of the molecule is N#CC1=CN(Cc2ccccc2)C(C(F)(C(F)(F)F)C(F)(F)F)C=C1. The lowest BCUT2D eigenvalue weighted by molar-refractivity contribution is -0.352. The van der Waals surface area contributed by atoms with Crippen LogP contribution in [0.15, 0.2) is 54.3 Å². The van der Waals surface area contributed by atoms with Gasteiger partial charge < -0.3 is 4.90 Å². The van der Waals surface area contributed by atoms with Gasteiger partial charge in [-0.25, -0.2) is 4.39 Å². The van der Waals surface area contributed by atoms with Gasteiger partial charge in [-0.05, 0) is 11.6 Å². The summed E-state index contributed by atoms with van der Waals surface area (Å²) in [4.78, 5) is 0.537. The highest BCUT2D eigenvalue weighted by molar-refractivity contribution is 5.38. The van der Waals surface area contributed by atoms with Crippen LogP contribution in [0.2, 0.25) is 0 Å². The Labute approximate surface area is 138 Å². The van der Waals surface area contributed by atoms with Crippen LogP contribution in [0, 0.1) is 11.3 Å². The number of nitriles is 1. The highest BCUT2D eigenvalue weighted by Gasteiger charge is 2.76. The highest BCUT2D eigenvalue weighted by Crippen LogP contribution is 2.50. The minimum atomic E-state index is -6.19. The van der Waals surface area contributed by atoms with Crippen molar-refractivity contribution in [3.05, 3.63) is 59.8 Å². The van der Waals surface area contributed by atoms with Gasteiger partial charge in [-0.1, -0.05) is 36.4 Å². The maximum Gasteiger partial charge on any atom is 0.434 e. The average Bonchev–Trinajstić information content (AvgIpc) is 2.53. The first-order valence-corrected chi connectivity index (χ1v) is 6.93. The summed E-state index contributed by atoms with van der Waals surface area (Å²) < 4.78 is 92.6. The van der Waals surface area contributed by atoms with E-state index in [0.717, 1.165) is 12.3 Å². The first-order valence-electron chi connectivity index (χ1n) is 6.93. The standard InChI is InChI=1S/C16H11F7N2/c17-14(15(18,19)20,16(21,22)23)13-7-6-12(8-24)10-25(13)9-11-4-2-1-3-5-11/h1-7,10,13H,9H2. The largest absolute Gasteiger partial charge is 0.434 e. The van der Waals surface area contributed by atoms with Gasteiger partial charge >= 0.3 is 18.0 Å². The second-order valence-electron chi connectivity index (χ2n) is 5.37. The molecule has 1 aromatic rings. The Morgan fingerprint density at radius 1 is 0.960 bits per heavy atom. The molecular weight excluding hydrogens is 353 g/mol. The van der Waals surface area contributed by atoms with Crippen molar-refractivity contribution in [2.75, 3.05) is 0 Å². The number of alkyl halides is 7. The van der Waals surface area contributed by atoms with Crippen LogP contribution in [0.1, 0.15) is 5.56 Å². The molecule has 0 aliphatic carbocycles. The molecule has 0 saturated heterocycles. The van der Waals surface area contributed by atoms with Crippen molar-refractivity contribution in [1.82, 2.24) is 4.90 Å². The molecule has 0 saturated carbocycles. The molecule has 0 N–H and O–H groups in total. The van der Waals surface area contributed by atoms with E-state index in [1.165, 1.54) is 24.3 Å². The van der Waals surface area contributed by atoms with Gasteiger partial charge in [0.05, 0.1) is 5.57 Å². The second-order valence-corrected chi connectivity index (χ2v) is 5.37. The van der Waals surface area contributed by atoms with Gasteiger partial charge in [-0.15, -0.1) is 0 Å². The van der Waals surface area contributed by atoms with Crippen molar-refractivity contribution >= 4 is 0 Å². The van der Waals surface area contributed by atoms with Gasteiger partial charge in [0.25, 0.3) is 0 Å². The van der Waals surface area contributed by atoms with E-state index in [1.54, 1.807) is 12.1 Å². The van der Waals surface area contributed by atoms with Gasteiger partial charge in [0, 0.05) is 12.7 Å². The van der Waals surface area contributed by atoms with E-state index in [0.29, 0.717) is 16.5 Å². The van der Waals surface area contributed by atoms with Crippen molar-refractivity contribution in [2.45, 2.75) is 30.6 Å². The van der Waals surface area contributed by atoms with Crippen LogP contribution < -0.4 is 0 Å². The monoisotopic (exact) mass is 364 g/mol. The van der Waals surface area contributed by atoms with E-state index >= 15 is 0 Å². The lowest BCUT2D eigenvalue weighted by Gasteiger charge is -2.42. The van der Waals surface area contributed by atoms with Gasteiger partial charge in [0.2, 0.25) is 0 Å². The first-order chi connectivity index (χ1) is 11.5. The van der Waals surface area contributed by atoms with Crippen molar-refractivity contribution in [2.24, 2.45) is 0 Å². The third-order valence-electron chi connectivity index (χ3n) is 3.69. The van der Waals surface area contributed by atoms with E-state index < -0.39 is 30.6 Å². The minimum absolute atomic E-state index is 0.182. The van der Waals surface area contributed by atoms with Crippen LogP contribution in [0.25, 0.3) is 0 Å². The van der Waals surface area contributed by atoms with Crippen LogP contribution in [0.4, 0.5) is 30.7 Å². The number of rotatable bonds is 3. The predicted octanol–water partition coefficient (Wildman–Crippen LogP) is 4.67. The van der Waals surface area contributed by atoms with Gasteiger partial charge in [0.15, 0.2) is 0 Å². The topological polar surface area (TPSA) is 27.0 Å². The summed E-state index contributed by atoms with van der Waals surface area (Å²) in [5.74, 6) is 0. The lowest BCUT2D eigenvalue weighted by atomic mass is 9.90. The molecule has 1 unspecified atom stereocenters. The maximum atomic E-state index is 14.4. The van der Waals surface area contributed by atoms with Crippen LogP contribution in [0.3, 0.4) is 0 Å². The van der Waals surface area contributed by atoms with Gasteiger partial charge in [0.1, 0.15) is 12.1 Å². The third-order valence-corrected chi connectivity index (χ3v) is 3.69. The zero-order chi connectivity index (χ0) is 18.9. The Hall–Kier alpha value is -2.50. The number of nitrogens with zero attached hydrogens (tertiary/aromatic N) is 2. The Kier molecular flexibility index (Phi) is 4.84. The Morgan fingerprint density at radius 2 is 1.52 bits per heavy atom. The predicted molar refractivity (Wildman–Crippen MR) is 74.6 cm³/mol. The van der Waals surface area contributed by atoms with E-state index in [4.69, 9.17) is 5.26 Å². The molecular formula is C16H11F7N2. The van der Waals surface area contributed by atoms with Crippen LogP contribution in [0.5, 0.6) is 0 Å². The average molecular weight is 364 g/mol. The molecule has 0 amide bonds. The summed E-state index contributed by atoms with van der Waals surface area (Å²) in [5.41, 5.74) is -5.30. The van der Waals surface area contributed by atoms with E-state index in [-0.39, 0.29) is 5.57 Å². The number of benzene rings is 1. The Bertz CT molecular complexity index is 697. The minimum Gasteiger partial charge on any atom is -0.362 e. The zero-order valence-electron chi connectivity index (χ0n) is 12.4. The van der Waals surface area contributed by atoms with E-state index in [1.807, 2.05) is 0 Å². The molecule has 1 atom stereocenters. The molecule has 9 heteroatoms. The summed E-state index contributed by atoms with van der Waals surface area (Å²) in [6.45, 7) is -0.432. The van der Waals surface area contributed by atoms with Crippen LogP contribution >= 0.6 is 0 Å². The van der Waals surface area contributed by atoms with Crippen molar-refractivity contribution in [3.63, 3.8) is 0 Å². The lowest BCUT2D eigenvalue weighted by Crippen LogP contribution is -2.64. The molecule has 0 fully saturated rings. The fourth-order valence-electron chi connectivity index (χ4n) is 2.47. The van der Waals surface area contributed by atoms with Crippen molar-refractivity contribution < 1.29 is 30.7 Å². The molecule has 0 spiro atoms. The summed E-state index contributed by atoms with van der Waals surface area (Å²) >= 11 is 0. The zero-order valence-corrected chi connectivity index (χ0v) is 12.4. The van der Waals surface area contributed by atoms with E-state index in [2.05, 4.69) is 0 Å². The number of hydrogen-bond donors (Lipinski definition) is 0. The van der Waals surface area contributed by atoms with E-state index in [9.17, 15) is 30.7 Å². The number of allylic oxidation sites excluding steroid dienone is 2. The molecule has 1 heterocycles. The molecule has 134 valence electrons. The second kappa shape index (κ2) is 6.43. The molecule has 0 aromatic heterocycles. The van der Waals surface area contributed by atoms with Gasteiger partial charge in [-0.3, -0.25) is 0 Å². The maximum absolute atomic E-state index is 14.4. The molecule has 2 rings (SSSR count). The molecule has 1 aliphatic rings. The fraction of sp³-hybridized carbons (Fsp3) is 0.312.